The summed E-state index contributed by atoms with van der Waals surface area (Å²) in [5.41, 5.74) is 6.92. The number of hydrogen-bond acceptors (Lipinski definition) is 3. The molecule has 1 amide bonds. The van der Waals surface area contributed by atoms with Crippen molar-refractivity contribution in [2.75, 3.05) is 12.3 Å². The summed E-state index contributed by atoms with van der Waals surface area (Å²) >= 11 is 1.21. The second-order valence-electron chi connectivity index (χ2n) is 4.14. The molecule has 3 nitrogen and oxygen atoms in total. The van der Waals surface area contributed by atoms with Crippen molar-refractivity contribution in [1.29, 1.82) is 0 Å². The minimum atomic E-state index is -0.305. The molecule has 20 heavy (non-hydrogen) atoms. The van der Waals surface area contributed by atoms with Crippen molar-refractivity contribution in [3.8, 4) is 0 Å². The first-order valence-electron chi connectivity index (χ1n) is 6.22. The van der Waals surface area contributed by atoms with Gasteiger partial charge >= 0.3 is 0 Å². The molecule has 0 bridgehead atoms. The lowest BCUT2D eigenvalue weighted by Crippen LogP contribution is -2.22. The fourth-order valence-electron chi connectivity index (χ4n) is 1.67. The summed E-state index contributed by atoms with van der Waals surface area (Å²) in [7, 11) is 0. The minimum Gasteiger partial charge on any atom is -0.398 e. The van der Waals surface area contributed by atoms with Crippen molar-refractivity contribution in [2.45, 2.75) is 16.7 Å². The highest BCUT2D eigenvalue weighted by Gasteiger charge is 2.10. The van der Waals surface area contributed by atoms with Crippen LogP contribution in [-0.4, -0.2) is 12.5 Å². The van der Waals surface area contributed by atoms with Gasteiger partial charge in [0, 0.05) is 27.6 Å². The van der Waals surface area contributed by atoms with Gasteiger partial charge in [0.05, 0.1) is 0 Å². The van der Waals surface area contributed by atoms with E-state index in [1.807, 2.05) is 6.92 Å². The second-order valence-corrected chi connectivity index (χ2v) is 5.23. The lowest BCUT2D eigenvalue weighted by atomic mass is 10.2. The Bertz CT molecular complexity index is 631. The fraction of sp³-hybridized carbons (Fsp3) is 0.133. The average Bonchev–Trinajstić information content (AvgIpc) is 2.44. The van der Waals surface area contributed by atoms with Crippen LogP contribution in [0, 0.1) is 5.82 Å². The van der Waals surface area contributed by atoms with Crippen LogP contribution < -0.4 is 11.1 Å². The van der Waals surface area contributed by atoms with E-state index >= 15 is 0 Å². The van der Waals surface area contributed by atoms with Crippen LogP contribution in [0.5, 0.6) is 0 Å². The Hall–Kier alpha value is -2.01. The lowest BCUT2D eigenvalue weighted by Gasteiger charge is -2.09. The highest BCUT2D eigenvalue weighted by molar-refractivity contribution is 7.99. The Morgan fingerprint density at radius 1 is 1.25 bits per heavy atom. The molecule has 0 aliphatic heterocycles. The highest BCUT2D eigenvalue weighted by atomic mass is 32.2. The van der Waals surface area contributed by atoms with Gasteiger partial charge in [-0.3, -0.25) is 4.79 Å². The number of amides is 1. The fourth-order valence-corrected chi connectivity index (χ4v) is 2.59. The van der Waals surface area contributed by atoms with Gasteiger partial charge in [-0.15, -0.1) is 0 Å². The van der Waals surface area contributed by atoms with Crippen LogP contribution in [0.25, 0.3) is 0 Å². The molecule has 0 aromatic heterocycles. The van der Waals surface area contributed by atoms with E-state index in [0.29, 0.717) is 27.6 Å². The molecule has 0 fully saturated rings. The zero-order chi connectivity index (χ0) is 14.5. The van der Waals surface area contributed by atoms with E-state index < -0.39 is 0 Å². The van der Waals surface area contributed by atoms with Gasteiger partial charge in [-0.1, -0.05) is 23.9 Å². The Kier molecular flexibility index (Phi) is 4.63. The van der Waals surface area contributed by atoms with E-state index in [4.69, 9.17) is 5.73 Å². The molecule has 2 aromatic rings. The molecule has 2 aromatic carbocycles. The van der Waals surface area contributed by atoms with Crippen LogP contribution >= 0.6 is 11.8 Å². The Labute approximate surface area is 121 Å². The third kappa shape index (κ3) is 3.30. The molecule has 0 unspecified atom stereocenters. The van der Waals surface area contributed by atoms with Crippen molar-refractivity contribution in [3.05, 3.63) is 53.8 Å². The standard InChI is InChI=1S/C15H15FN2OS/c1-2-18-15(19)10-7-8-12(17)14(9-10)20-13-6-4-3-5-11(13)16/h3-9H,2,17H2,1H3,(H,18,19). The molecule has 0 saturated heterocycles. The smallest absolute Gasteiger partial charge is 0.251 e. The van der Waals surface area contributed by atoms with Crippen LogP contribution in [0.4, 0.5) is 10.1 Å². The summed E-state index contributed by atoms with van der Waals surface area (Å²) in [6.07, 6.45) is 0. The predicted molar refractivity (Wildman–Crippen MR) is 79.4 cm³/mol. The van der Waals surface area contributed by atoms with Crippen LogP contribution in [-0.2, 0) is 0 Å². The molecule has 104 valence electrons. The molecular weight excluding hydrogens is 275 g/mol. The van der Waals surface area contributed by atoms with E-state index in [1.54, 1.807) is 36.4 Å². The lowest BCUT2D eigenvalue weighted by molar-refractivity contribution is 0.0955. The van der Waals surface area contributed by atoms with Crippen molar-refractivity contribution in [2.24, 2.45) is 0 Å². The van der Waals surface area contributed by atoms with Gasteiger partial charge in [-0.05, 0) is 37.3 Å². The maximum absolute atomic E-state index is 13.6. The summed E-state index contributed by atoms with van der Waals surface area (Å²) in [4.78, 5) is 12.9. The summed E-state index contributed by atoms with van der Waals surface area (Å²) in [6.45, 7) is 2.41. The van der Waals surface area contributed by atoms with E-state index in [9.17, 15) is 9.18 Å². The summed E-state index contributed by atoms with van der Waals surface area (Å²) in [5.74, 6) is -0.469. The van der Waals surface area contributed by atoms with E-state index in [1.165, 1.54) is 17.8 Å². The monoisotopic (exact) mass is 290 g/mol. The van der Waals surface area contributed by atoms with Crippen LogP contribution in [0.3, 0.4) is 0 Å². The highest BCUT2D eigenvalue weighted by Crippen LogP contribution is 2.34. The summed E-state index contributed by atoms with van der Waals surface area (Å²) < 4.78 is 13.6. The first-order valence-corrected chi connectivity index (χ1v) is 7.03. The number of rotatable bonds is 4. The van der Waals surface area contributed by atoms with E-state index in [2.05, 4.69) is 5.32 Å². The Morgan fingerprint density at radius 2 is 2.00 bits per heavy atom. The van der Waals surface area contributed by atoms with Crippen molar-refractivity contribution in [3.63, 3.8) is 0 Å². The predicted octanol–water partition coefficient (Wildman–Crippen LogP) is 3.31. The number of carbonyl (C=O) groups excluding carboxylic acids is 1. The number of hydrogen-bond donors (Lipinski definition) is 2. The molecule has 3 N–H and O–H groups in total. The van der Waals surface area contributed by atoms with Crippen molar-refractivity contribution in [1.82, 2.24) is 5.32 Å². The first-order chi connectivity index (χ1) is 9.61. The largest absolute Gasteiger partial charge is 0.398 e. The summed E-state index contributed by atoms with van der Waals surface area (Å²) in [6, 6.07) is 11.5. The van der Waals surface area contributed by atoms with Gasteiger partial charge in [-0.25, -0.2) is 4.39 Å². The van der Waals surface area contributed by atoms with Gasteiger partial charge in [-0.2, -0.15) is 0 Å². The molecule has 0 spiro atoms. The third-order valence-electron chi connectivity index (χ3n) is 2.67. The number of benzene rings is 2. The maximum atomic E-state index is 13.6. The maximum Gasteiger partial charge on any atom is 0.251 e. The number of nitrogen functional groups attached to an aromatic ring is 1. The number of nitrogens with one attached hydrogen (secondary N) is 1. The summed E-state index contributed by atoms with van der Waals surface area (Å²) in [5, 5.41) is 2.72. The second kappa shape index (κ2) is 6.43. The Morgan fingerprint density at radius 3 is 2.70 bits per heavy atom. The van der Waals surface area contributed by atoms with Crippen molar-refractivity contribution < 1.29 is 9.18 Å². The van der Waals surface area contributed by atoms with Crippen LogP contribution in [0.1, 0.15) is 17.3 Å². The van der Waals surface area contributed by atoms with Gasteiger partial charge in [0.2, 0.25) is 0 Å². The van der Waals surface area contributed by atoms with Crippen LogP contribution in [0.15, 0.2) is 52.3 Å². The van der Waals surface area contributed by atoms with E-state index in [-0.39, 0.29) is 11.7 Å². The first kappa shape index (κ1) is 14.4. The number of carbonyl (C=O) groups is 1. The quantitative estimate of drug-likeness (QED) is 0.849. The van der Waals surface area contributed by atoms with E-state index in [0.717, 1.165) is 0 Å². The molecule has 0 heterocycles. The molecule has 2 rings (SSSR count). The molecule has 0 radical (unpaired) electrons. The number of anilines is 1. The number of halogens is 1. The SMILES string of the molecule is CCNC(=O)c1ccc(N)c(Sc2ccccc2F)c1. The van der Waals surface area contributed by atoms with Gasteiger partial charge in [0.25, 0.3) is 5.91 Å². The minimum absolute atomic E-state index is 0.164. The molecule has 0 aliphatic carbocycles. The Balaban J connectivity index is 2.30. The third-order valence-corrected chi connectivity index (χ3v) is 3.79. The number of nitrogens with two attached hydrogens (primary N) is 1. The van der Waals surface area contributed by atoms with Gasteiger partial charge in [0.15, 0.2) is 0 Å². The molecule has 0 aliphatic rings. The topological polar surface area (TPSA) is 55.1 Å². The molecule has 5 heteroatoms. The molecule has 0 saturated carbocycles. The van der Waals surface area contributed by atoms with Gasteiger partial charge in [0.1, 0.15) is 5.82 Å². The zero-order valence-electron chi connectivity index (χ0n) is 11.0. The zero-order valence-corrected chi connectivity index (χ0v) is 11.8. The van der Waals surface area contributed by atoms with Crippen LogP contribution in [0.2, 0.25) is 0 Å². The molecular formula is C15H15FN2OS. The average molecular weight is 290 g/mol. The molecule has 0 atom stereocenters. The van der Waals surface area contributed by atoms with Crippen molar-refractivity contribution >= 4 is 23.4 Å². The van der Waals surface area contributed by atoms with Gasteiger partial charge < -0.3 is 11.1 Å². The normalized spacial score (nSPS) is 10.3.